The van der Waals surface area contributed by atoms with Crippen molar-refractivity contribution in [1.29, 1.82) is 0 Å². The van der Waals surface area contributed by atoms with Crippen LogP contribution in [0.2, 0.25) is 5.02 Å². The molecule has 0 spiro atoms. The molecule has 1 unspecified atom stereocenters. The van der Waals surface area contributed by atoms with Gasteiger partial charge >= 0.3 is 0 Å². The number of carbonyl (C=O) groups excluding carboxylic acids is 3. The summed E-state index contributed by atoms with van der Waals surface area (Å²) in [6.45, 7) is 1.86. The monoisotopic (exact) mass is 319 g/mol. The molecule has 0 saturated heterocycles. The molecule has 0 bridgehead atoms. The summed E-state index contributed by atoms with van der Waals surface area (Å²) in [5.74, 6) is -2.87. The number of amides is 1. The van der Waals surface area contributed by atoms with Crippen molar-refractivity contribution in [2.75, 3.05) is 5.32 Å². The molecule has 1 aliphatic heterocycles. The smallest absolute Gasteiger partial charge is 0.243 e. The zero-order valence-electron chi connectivity index (χ0n) is 11.0. The fourth-order valence-electron chi connectivity index (χ4n) is 2.26. The second-order valence-electron chi connectivity index (χ2n) is 4.75. The minimum absolute atomic E-state index is 0.311. The third-order valence-electron chi connectivity index (χ3n) is 3.27. The summed E-state index contributed by atoms with van der Waals surface area (Å²) in [5, 5.41) is 3.00. The van der Waals surface area contributed by atoms with E-state index in [2.05, 4.69) is 5.32 Å². The highest BCUT2D eigenvalue weighted by atomic mass is 35.5. The number of ketones is 2. The van der Waals surface area contributed by atoms with E-state index in [0.29, 0.717) is 21.2 Å². The summed E-state index contributed by atoms with van der Waals surface area (Å²) < 4.78 is 0. The predicted molar refractivity (Wildman–Crippen MR) is 81.3 cm³/mol. The van der Waals surface area contributed by atoms with E-state index in [1.165, 1.54) is 23.5 Å². The second kappa shape index (κ2) is 5.09. The molecule has 6 heteroatoms. The Bertz CT molecular complexity index is 781. The summed E-state index contributed by atoms with van der Waals surface area (Å²) in [6.07, 6.45) is 0. The number of rotatable bonds is 2. The van der Waals surface area contributed by atoms with Crippen LogP contribution in [0.1, 0.15) is 24.9 Å². The molecule has 1 amide bonds. The van der Waals surface area contributed by atoms with Gasteiger partial charge in [-0.1, -0.05) is 11.6 Å². The molecule has 1 aromatic heterocycles. The van der Waals surface area contributed by atoms with Crippen molar-refractivity contribution >= 4 is 46.1 Å². The summed E-state index contributed by atoms with van der Waals surface area (Å²) in [4.78, 5) is 38.3. The molecule has 3 rings (SSSR count). The van der Waals surface area contributed by atoms with E-state index in [1.54, 1.807) is 18.2 Å². The van der Waals surface area contributed by atoms with Crippen molar-refractivity contribution in [3.63, 3.8) is 0 Å². The van der Waals surface area contributed by atoms with Gasteiger partial charge in [-0.2, -0.15) is 0 Å². The molecule has 0 fully saturated rings. The number of anilines is 1. The molecule has 21 heavy (non-hydrogen) atoms. The van der Waals surface area contributed by atoms with E-state index < -0.39 is 23.4 Å². The highest BCUT2D eigenvalue weighted by Gasteiger charge is 2.40. The Balaban J connectivity index is 2.01. The number of hydrogen-bond acceptors (Lipinski definition) is 4. The first-order valence-electron chi connectivity index (χ1n) is 6.22. The highest BCUT2D eigenvalue weighted by Crippen LogP contribution is 2.31. The number of fused-ring (bicyclic) bond motifs is 1. The van der Waals surface area contributed by atoms with Crippen LogP contribution < -0.4 is 5.32 Å². The maximum Gasteiger partial charge on any atom is 0.243 e. The fraction of sp³-hybridized carbons (Fsp3) is 0.133. The van der Waals surface area contributed by atoms with Crippen molar-refractivity contribution in [1.82, 2.24) is 0 Å². The van der Waals surface area contributed by atoms with Gasteiger partial charge in [-0.15, -0.1) is 11.3 Å². The topological polar surface area (TPSA) is 63.2 Å². The van der Waals surface area contributed by atoms with Crippen LogP contribution in [0.5, 0.6) is 0 Å². The van der Waals surface area contributed by atoms with Crippen LogP contribution in [0.4, 0.5) is 5.69 Å². The summed E-state index contributed by atoms with van der Waals surface area (Å²) in [7, 11) is 0. The van der Waals surface area contributed by atoms with Gasteiger partial charge in [0, 0.05) is 15.5 Å². The van der Waals surface area contributed by atoms with Crippen LogP contribution >= 0.6 is 22.9 Å². The molecule has 1 N–H and O–H groups in total. The minimum Gasteiger partial charge on any atom is -0.324 e. The average Bonchev–Trinajstić information content (AvgIpc) is 2.84. The number of hydrogen-bond donors (Lipinski definition) is 1. The molecular formula is C15H10ClNO3S. The largest absolute Gasteiger partial charge is 0.324 e. The van der Waals surface area contributed by atoms with Crippen molar-refractivity contribution in [3.8, 4) is 0 Å². The molecule has 1 aliphatic rings. The molecule has 106 valence electrons. The van der Waals surface area contributed by atoms with Gasteiger partial charge in [0.15, 0.2) is 17.5 Å². The second-order valence-corrected chi connectivity index (χ2v) is 6.48. The zero-order chi connectivity index (χ0) is 15.1. The predicted octanol–water partition coefficient (Wildman–Crippen LogP) is 3.34. The van der Waals surface area contributed by atoms with E-state index in [1.807, 2.05) is 6.92 Å². The van der Waals surface area contributed by atoms with E-state index in [9.17, 15) is 14.4 Å². The van der Waals surface area contributed by atoms with Crippen molar-refractivity contribution < 1.29 is 14.4 Å². The third kappa shape index (κ3) is 2.39. The molecule has 0 radical (unpaired) electrons. The Morgan fingerprint density at radius 3 is 2.67 bits per heavy atom. The van der Waals surface area contributed by atoms with Gasteiger partial charge in [0.2, 0.25) is 5.91 Å². The normalized spacial score (nSPS) is 17.3. The lowest BCUT2D eigenvalue weighted by atomic mass is 9.88. The van der Waals surface area contributed by atoms with Gasteiger partial charge in [0.05, 0.1) is 10.6 Å². The van der Waals surface area contributed by atoms with Gasteiger partial charge < -0.3 is 5.32 Å². The summed E-state index contributed by atoms with van der Waals surface area (Å²) in [5.41, 5.74) is 0.662. The molecule has 2 heterocycles. The maximum absolute atomic E-state index is 12.4. The van der Waals surface area contributed by atoms with Gasteiger partial charge in [-0.3, -0.25) is 14.4 Å². The van der Waals surface area contributed by atoms with Crippen LogP contribution in [0.15, 0.2) is 30.3 Å². The number of benzene rings is 1. The Kier molecular flexibility index (Phi) is 3.39. The Hall–Kier alpha value is -1.98. The van der Waals surface area contributed by atoms with Gasteiger partial charge in [-0.25, -0.2) is 0 Å². The SMILES string of the molecule is Cc1ccc(C(=O)C2C(=O)Nc3cc(Cl)ccc3C2=O)s1. The van der Waals surface area contributed by atoms with Crippen LogP contribution in [0.25, 0.3) is 0 Å². The van der Waals surface area contributed by atoms with Crippen LogP contribution in [0, 0.1) is 12.8 Å². The highest BCUT2D eigenvalue weighted by molar-refractivity contribution is 7.14. The number of carbonyl (C=O) groups is 3. The lowest BCUT2D eigenvalue weighted by Crippen LogP contribution is -2.40. The summed E-state index contributed by atoms with van der Waals surface area (Å²) in [6, 6.07) is 8.02. The number of Topliss-reactive ketones (excluding diaryl/α,β-unsaturated/α-hetero) is 2. The molecule has 4 nitrogen and oxygen atoms in total. The summed E-state index contributed by atoms with van der Waals surface area (Å²) >= 11 is 7.12. The lowest BCUT2D eigenvalue weighted by molar-refractivity contribution is -0.117. The number of thiophene rings is 1. The van der Waals surface area contributed by atoms with Gasteiger partial charge in [0.25, 0.3) is 0 Å². The third-order valence-corrected chi connectivity index (χ3v) is 4.53. The first-order chi connectivity index (χ1) is 9.97. The van der Waals surface area contributed by atoms with E-state index >= 15 is 0 Å². The number of aryl methyl sites for hydroxylation is 1. The van der Waals surface area contributed by atoms with E-state index in [-0.39, 0.29) is 0 Å². The molecule has 2 aromatic rings. The first kappa shape index (κ1) is 14.0. The molecular weight excluding hydrogens is 310 g/mol. The fourth-order valence-corrected chi connectivity index (χ4v) is 3.27. The average molecular weight is 320 g/mol. The molecule has 0 aliphatic carbocycles. The molecule has 1 atom stereocenters. The van der Waals surface area contributed by atoms with E-state index in [0.717, 1.165) is 4.88 Å². The van der Waals surface area contributed by atoms with Crippen LogP contribution in [-0.2, 0) is 4.79 Å². The maximum atomic E-state index is 12.4. The number of halogens is 1. The van der Waals surface area contributed by atoms with E-state index in [4.69, 9.17) is 11.6 Å². The Morgan fingerprint density at radius 2 is 2.00 bits per heavy atom. The van der Waals surface area contributed by atoms with Crippen LogP contribution in [0.3, 0.4) is 0 Å². The van der Waals surface area contributed by atoms with Crippen molar-refractivity contribution in [2.24, 2.45) is 5.92 Å². The van der Waals surface area contributed by atoms with Crippen LogP contribution in [-0.4, -0.2) is 17.5 Å². The minimum atomic E-state index is -1.32. The number of nitrogens with one attached hydrogen (secondary N) is 1. The van der Waals surface area contributed by atoms with Gasteiger partial charge in [-0.05, 0) is 37.3 Å². The Labute approximate surface area is 129 Å². The van der Waals surface area contributed by atoms with Crippen molar-refractivity contribution in [3.05, 3.63) is 50.7 Å². The van der Waals surface area contributed by atoms with Crippen molar-refractivity contribution in [2.45, 2.75) is 6.92 Å². The zero-order valence-corrected chi connectivity index (χ0v) is 12.5. The van der Waals surface area contributed by atoms with Gasteiger partial charge in [0.1, 0.15) is 0 Å². The first-order valence-corrected chi connectivity index (χ1v) is 7.42. The molecule has 1 aromatic carbocycles. The lowest BCUT2D eigenvalue weighted by Gasteiger charge is -2.22. The standard InChI is InChI=1S/C15H10ClNO3S/c1-7-2-5-11(21-7)14(19)12-13(18)9-4-3-8(16)6-10(9)17-15(12)20/h2-6,12H,1H3,(H,17,20). The molecule has 0 saturated carbocycles. The quantitative estimate of drug-likeness (QED) is 0.682. The Morgan fingerprint density at radius 1 is 1.24 bits per heavy atom.